The number of thiophene rings is 1. The van der Waals surface area contributed by atoms with Gasteiger partial charge < -0.3 is 4.57 Å². The minimum atomic E-state index is 0.297. The molecule has 0 saturated carbocycles. The number of hydrogen-bond acceptors (Lipinski definition) is 5. The lowest BCUT2D eigenvalue weighted by Gasteiger charge is -2.51. The van der Waals surface area contributed by atoms with Crippen molar-refractivity contribution in [2.75, 3.05) is 26.2 Å². The average Bonchev–Trinajstić information content (AvgIpc) is 3.36. The fourth-order valence-electron chi connectivity index (χ4n) is 4.91. The van der Waals surface area contributed by atoms with Crippen molar-refractivity contribution in [3.05, 3.63) is 70.4 Å². The van der Waals surface area contributed by atoms with E-state index in [0.29, 0.717) is 11.3 Å². The Hall–Kier alpha value is -2.02. The zero-order valence-electron chi connectivity index (χ0n) is 15.7. The van der Waals surface area contributed by atoms with Crippen molar-refractivity contribution in [1.29, 1.82) is 0 Å². The number of hydrogen-bond donors (Lipinski definition) is 0. The van der Waals surface area contributed by atoms with Gasteiger partial charge in [-0.2, -0.15) is 11.3 Å². The molecule has 2 aliphatic heterocycles. The van der Waals surface area contributed by atoms with E-state index in [1.807, 2.05) is 6.33 Å². The summed E-state index contributed by atoms with van der Waals surface area (Å²) in [5, 5.41) is 13.1. The van der Waals surface area contributed by atoms with Crippen molar-refractivity contribution < 1.29 is 0 Å². The second-order valence-electron chi connectivity index (χ2n) is 8.15. The normalized spacial score (nSPS) is 22.3. The molecular weight excluding hydrogens is 354 g/mol. The number of aryl methyl sites for hydroxylation is 1. The third-order valence-corrected chi connectivity index (χ3v) is 6.82. The molecule has 4 heterocycles. The first-order chi connectivity index (χ1) is 13.2. The van der Waals surface area contributed by atoms with E-state index in [9.17, 15) is 0 Å². The highest BCUT2D eigenvalue weighted by atomic mass is 32.1. The molecule has 3 aromatic rings. The molecule has 0 N–H and O–H groups in total. The van der Waals surface area contributed by atoms with Gasteiger partial charge in [0.2, 0.25) is 0 Å². The SMILES string of the molecule is Cn1cnnc1C1CN(Cc2ccccc2)CC12CN(Cc1ccsc1)C2. The predicted octanol–water partition coefficient (Wildman–Crippen LogP) is 2.98. The summed E-state index contributed by atoms with van der Waals surface area (Å²) < 4.78 is 2.11. The molecule has 5 nitrogen and oxygen atoms in total. The van der Waals surface area contributed by atoms with E-state index < -0.39 is 0 Å². The van der Waals surface area contributed by atoms with Gasteiger partial charge in [-0.3, -0.25) is 9.80 Å². The smallest absolute Gasteiger partial charge is 0.137 e. The van der Waals surface area contributed by atoms with Crippen molar-refractivity contribution in [3.8, 4) is 0 Å². The highest BCUT2D eigenvalue weighted by molar-refractivity contribution is 7.07. The molecule has 0 aliphatic carbocycles. The number of benzene rings is 1. The molecule has 1 spiro atoms. The van der Waals surface area contributed by atoms with Crippen LogP contribution >= 0.6 is 11.3 Å². The molecule has 0 amide bonds. The van der Waals surface area contributed by atoms with Crippen LogP contribution in [0.5, 0.6) is 0 Å². The Bertz CT molecular complexity index is 882. The minimum absolute atomic E-state index is 0.297. The average molecular weight is 380 g/mol. The van der Waals surface area contributed by atoms with Crippen LogP contribution in [-0.4, -0.2) is 50.7 Å². The van der Waals surface area contributed by atoms with Crippen LogP contribution in [0.4, 0.5) is 0 Å². The fraction of sp³-hybridized carbons (Fsp3) is 0.429. The van der Waals surface area contributed by atoms with Gasteiger partial charge in [-0.15, -0.1) is 10.2 Å². The third kappa shape index (κ3) is 3.22. The van der Waals surface area contributed by atoms with Gasteiger partial charge in [-0.1, -0.05) is 30.3 Å². The van der Waals surface area contributed by atoms with Gasteiger partial charge in [0, 0.05) is 57.6 Å². The molecule has 0 bridgehead atoms. The lowest BCUT2D eigenvalue weighted by atomic mass is 9.71. The molecule has 2 fully saturated rings. The van der Waals surface area contributed by atoms with Crippen LogP contribution in [0.15, 0.2) is 53.5 Å². The van der Waals surface area contributed by atoms with Crippen molar-refractivity contribution in [2.45, 2.75) is 19.0 Å². The largest absolute Gasteiger partial charge is 0.320 e. The Morgan fingerprint density at radius 1 is 1.04 bits per heavy atom. The van der Waals surface area contributed by atoms with Gasteiger partial charge in [0.1, 0.15) is 12.2 Å². The van der Waals surface area contributed by atoms with E-state index >= 15 is 0 Å². The van der Waals surface area contributed by atoms with Gasteiger partial charge in [0.15, 0.2) is 0 Å². The maximum Gasteiger partial charge on any atom is 0.137 e. The molecular formula is C21H25N5S. The molecule has 140 valence electrons. The highest BCUT2D eigenvalue weighted by Crippen LogP contribution is 2.49. The summed E-state index contributed by atoms with van der Waals surface area (Å²) in [6.45, 7) is 6.57. The molecule has 2 aliphatic rings. The molecule has 27 heavy (non-hydrogen) atoms. The third-order valence-electron chi connectivity index (χ3n) is 6.09. The number of rotatable bonds is 5. The molecule has 5 rings (SSSR count). The second kappa shape index (κ2) is 6.86. The first kappa shape index (κ1) is 17.1. The van der Waals surface area contributed by atoms with Crippen molar-refractivity contribution in [2.24, 2.45) is 12.5 Å². The van der Waals surface area contributed by atoms with Gasteiger partial charge >= 0.3 is 0 Å². The first-order valence-electron chi connectivity index (χ1n) is 9.55. The topological polar surface area (TPSA) is 37.2 Å². The molecule has 6 heteroatoms. The van der Waals surface area contributed by atoms with E-state index in [4.69, 9.17) is 0 Å². The molecule has 1 atom stereocenters. The molecule has 0 radical (unpaired) electrons. The Kier molecular flexibility index (Phi) is 4.34. The maximum atomic E-state index is 4.49. The first-order valence-corrected chi connectivity index (χ1v) is 10.5. The summed E-state index contributed by atoms with van der Waals surface area (Å²) in [4.78, 5) is 5.19. The molecule has 1 unspecified atom stereocenters. The van der Waals surface area contributed by atoms with Crippen LogP contribution in [0.3, 0.4) is 0 Å². The quantitative estimate of drug-likeness (QED) is 0.683. The maximum absolute atomic E-state index is 4.49. The van der Waals surface area contributed by atoms with Crippen molar-refractivity contribution in [3.63, 3.8) is 0 Å². The number of likely N-dealkylation sites (tertiary alicyclic amines) is 2. The van der Waals surface area contributed by atoms with Crippen LogP contribution in [0, 0.1) is 5.41 Å². The zero-order valence-corrected chi connectivity index (χ0v) is 16.5. The molecule has 2 saturated heterocycles. The highest BCUT2D eigenvalue weighted by Gasteiger charge is 2.55. The summed E-state index contributed by atoms with van der Waals surface area (Å²) in [5.74, 6) is 1.59. The van der Waals surface area contributed by atoms with Gasteiger partial charge in [0.05, 0.1) is 0 Å². The van der Waals surface area contributed by atoms with Crippen LogP contribution in [0.25, 0.3) is 0 Å². The Labute approximate surface area is 164 Å². The van der Waals surface area contributed by atoms with Gasteiger partial charge in [-0.25, -0.2) is 0 Å². The van der Waals surface area contributed by atoms with E-state index in [1.165, 1.54) is 11.1 Å². The Morgan fingerprint density at radius 3 is 2.52 bits per heavy atom. The van der Waals surface area contributed by atoms with Crippen LogP contribution in [0.2, 0.25) is 0 Å². The number of aromatic nitrogens is 3. The van der Waals surface area contributed by atoms with Gasteiger partial charge in [-0.05, 0) is 28.0 Å². The van der Waals surface area contributed by atoms with Crippen molar-refractivity contribution >= 4 is 11.3 Å². The molecule has 2 aromatic heterocycles. The van der Waals surface area contributed by atoms with E-state index in [0.717, 1.165) is 45.1 Å². The van der Waals surface area contributed by atoms with Crippen LogP contribution in [0.1, 0.15) is 22.9 Å². The van der Waals surface area contributed by atoms with Crippen LogP contribution < -0.4 is 0 Å². The van der Waals surface area contributed by atoms with Crippen molar-refractivity contribution in [1.82, 2.24) is 24.6 Å². The number of nitrogens with zero attached hydrogens (tertiary/aromatic N) is 5. The second-order valence-corrected chi connectivity index (χ2v) is 8.93. The summed E-state index contributed by atoms with van der Waals surface area (Å²) in [6.07, 6.45) is 1.84. The zero-order chi connectivity index (χ0) is 18.3. The summed E-state index contributed by atoms with van der Waals surface area (Å²) in [6, 6.07) is 13.1. The van der Waals surface area contributed by atoms with E-state index in [1.54, 1.807) is 11.3 Å². The van der Waals surface area contributed by atoms with Crippen LogP contribution in [-0.2, 0) is 20.1 Å². The Morgan fingerprint density at radius 2 is 1.81 bits per heavy atom. The fourth-order valence-corrected chi connectivity index (χ4v) is 5.57. The predicted molar refractivity (Wildman–Crippen MR) is 107 cm³/mol. The van der Waals surface area contributed by atoms with E-state index in [2.05, 4.69) is 78.8 Å². The Balaban J connectivity index is 1.34. The summed E-state index contributed by atoms with van der Waals surface area (Å²) >= 11 is 1.79. The summed E-state index contributed by atoms with van der Waals surface area (Å²) in [5.41, 5.74) is 3.12. The van der Waals surface area contributed by atoms with Gasteiger partial charge in [0.25, 0.3) is 0 Å². The lowest BCUT2D eigenvalue weighted by molar-refractivity contribution is -0.0115. The van der Waals surface area contributed by atoms with E-state index in [-0.39, 0.29) is 0 Å². The monoisotopic (exact) mass is 379 g/mol. The lowest BCUT2D eigenvalue weighted by Crippen LogP contribution is -2.59. The summed E-state index contributed by atoms with van der Waals surface area (Å²) in [7, 11) is 2.07. The molecule has 1 aromatic carbocycles. The minimum Gasteiger partial charge on any atom is -0.320 e. The standard InChI is InChI=1S/C21H25N5S/c1-24-16-22-23-20(24)19-11-25(9-17-5-3-2-4-6-17)13-21(19)14-26(15-21)10-18-7-8-27-12-18/h2-8,12,16,19H,9-11,13-15H2,1H3.